The Kier molecular flexibility index (Phi) is 7.38. The van der Waals surface area contributed by atoms with Gasteiger partial charge in [0.2, 0.25) is 5.91 Å². The Labute approximate surface area is 116 Å². The molecule has 0 aromatic heterocycles. The zero-order valence-corrected chi connectivity index (χ0v) is 12.7. The lowest BCUT2D eigenvalue weighted by Crippen LogP contribution is -2.37. The van der Waals surface area contributed by atoms with Crippen LogP contribution in [0.1, 0.15) is 39.0 Å². The number of sulfone groups is 1. The first kappa shape index (κ1) is 16.4. The predicted molar refractivity (Wildman–Crippen MR) is 76.9 cm³/mol. The SMILES string of the molecule is CCCS(=O)(=O)CCNCCC(=O)N1CCCCC1. The van der Waals surface area contributed by atoms with Gasteiger partial charge in [0.05, 0.1) is 5.75 Å². The second-order valence-electron chi connectivity index (χ2n) is 5.09. The molecule has 1 aliphatic heterocycles. The summed E-state index contributed by atoms with van der Waals surface area (Å²) in [6.45, 7) is 4.63. The van der Waals surface area contributed by atoms with Crippen molar-refractivity contribution in [2.24, 2.45) is 0 Å². The predicted octanol–water partition coefficient (Wildman–Crippen LogP) is 0.803. The first-order valence-electron chi connectivity index (χ1n) is 7.24. The average molecular weight is 290 g/mol. The van der Waals surface area contributed by atoms with E-state index in [1.165, 1.54) is 6.42 Å². The number of amides is 1. The summed E-state index contributed by atoms with van der Waals surface area (Å²) < 4.78 is 22.9. The number of nitrogens with zero attached hydrogens (tertiary/aromatic N) is 1. The molecule has 112 valence electrons. The summed E-state index contributed by atoms with van der Waals surface area (Å²) in [6, 6.07) is 0. The Morgan fingerprint density at radius 3 is 2.42 bits per heavy atom. The van der Waals surface area contributed by atoms with Gasteiger partial charge in [-0.1, -0.05) is 6.92 Å². The third-order valence-electron chi connectivity index (χ3n) is 3.33. The summed E-state index contributed by atoms with van der Waals surface area (Å²) >= 11 is 0. The zero-order chi connectivity index (χ0) is 14.1. The van der Waals surface area contributed by atoms with Gasteiger partial charge in [0.25, 0.3) is 0 Å². The van der Waals surface area contributed by atoms with Gasteiger partial charge in [-0.05, 0) is 25.7 Å². The van der Waals surface area contributed by atoms with Gasteiger partial charge < -0.3 is 10.2 Å². The minimum atomic E-state index is -2.91. The van der Waals surface area contributed by atoms with Crippen LogP contribution in [0.4, 0.5) is 0 Å². The van der Waals surface area contributed by atoms with Crippen LogP contribution in [0, 0.1) is 0 Å². The normalized spacial score (nSPS) is 16.6. The monoisotopic (exact) mass is 290 g/mol. The summed E-state index contributed by atoms with van der Waals surface area (Å²) in [7, 11) is -2.91. The molecule has 0 saturated carbocycles. The third-order valence-corrected chi connectivity index (χ3v) is 5.19. The van der Waals surface area contributed by atoms with Gasteiger partial charge >= 0.3 is 0 Å². The van der Waals surface area contributed by atoms with Crippen LogP contribution >= 0.6 is 0 Å². The molecular formula is C13H26N2O3S. The van der Waals surface area contributed by atoms with Crippen molar-refractivity contribution in [2.45, 2.75) is 39.0 Å². The van der Waals surface area contributed by atoms with Crippen LogP contribution in [0.2, 0.25) is 0 Å². The molecule has 1 rings (SSSR count). The first-order valence-corrected chi connectivity index (χ1v) is 9.06. The second kappa shape index (κ2) is 8.53. The molecule has 0 atom stereocenters. The van der Waals surface area contributed by atoms with E-state index in [9.17, 15) is 13.2 Å². The summed E-state index contributed by atoms with van der Waals surface area (Å²) in [5.41, 5.74) is 0. The van der Waals surface area contributed by atoms with E-state index in [1.807, 2.05) is 11.8 Å². The van der Waals surface area contributed by atoms with E-state index in [1.54, 1.807) is 0 Å². The van der Waals surface area contributed by atoms with E-state index in [0.29, 0.717) is 25.9 Å². The van der Waals surface area contributed by atoms with Crippen molar-refractivity contribution in [3.8, 4) is 0 Å². The van der Waals surface area contributed by atoms with Crippen LogP contribution in [0.3, 0.4) is 0 Å². The fraction of sp³-hybridized carbons (Fsp3) is 0.923. The van der Waals surface area contributed by atoms with Gasteiger partial charge in [-0.3, -0.25) is 4.79 Å². The van der Waals surface area contributed by atoms with Gasteiger partial charge in [-0.25, -0.2) is 8.42 Å². The molecule has 0 unspecified atom stereocenters. The van der Waals surface area contributed by atoms with Crippen molar-refractivity contribution in [3.63, 3.8) is 0 Å². The molecule has 0 aromatic carbocycles. The number of carbonyl (C=O) groups is 1. The minimum Gasteiger partial charge on any atom is -0.343 e. The maximum absolute atomic E-state index is 11.8. The highest BCUT2D eigenvalue weighted by atomic mass is 32.2. The van der Waals surface area contributed by atoms with E-state index >= 15 is 0 Å². The molecule has 0 bridgehead atoms. The maximum Gasteiger partial charge on any atom is 0.223 e. The number of hydrogen-bond donors (Lipinski definition) is 1. The maximum atomic E-state index is 11.8. The number of likely N-dealkylation sites (tertiary alicyclic amines) is 1. The Bertz CT molecular complexity index is 362. The number of nitrogens with one attached hydrogen (secondary N) is 1. The molecule has 1 amide bonds. The highest BCUT2D eigenvalue weighted by molar-refractivity contribution is 7.91. The summed E-state index contributed by atoms with van der Waals surface area (Å²) in [4.78, 5) is 13.7. The molecule has 0 spiro atoms. The van der Waals surface area contributed by atoms with Crippen molar-refractivity contribution in [2.75, 3.05) is 37.7 Å². The van der Waals surface area contributed by atoms with Crippen molar-refractivity contribution in [1.82, 2.24) is 10.2 Å². The van der Waals surface area contributed by atoms with E-state index in [0.717, 1.165) is 25.9 Å². The van der Waals surface area contributed by atoms with Crippen LogP contribution in [-0.4, -0.2) is 56.9 Å². The quantitative estimate of drug-likeness (QED) is 0.672. The van der Waals surface area contributed by atoms with Crippen LogP contribution in [0.25, 0.3) is 0 Å². The number of hydrogen-bond acceptors (Lipinski definition) is 4. The zero-order valence-electron chi connectivity index (χ0n) is 11.9. The molecule has 0 radical (unpaired) electrons. The molecule has 0 aliphatic carbocycles. The third kappa shape index (κ3) is 6.92. The van der Waals surface area contributed by atoms with Crippen molar-refractivity contribution in [1.29, 1.82) is 0 Å². The molecule has 0 aromatic rings. The van der Waals surface area contributed by atoms with Crippen LogP contribution in [0.15, 0.2) is 0 Å². The first-order chi connectivity index (χ1) is 9.05. The van der Waals surface area contributed by atoms with Crippen molar-refractivity contribution >= 4 is 15.7 Å². The Hall–Kier alpha value is -0.620. The fourth-order valence-electron chi connectivity index (χ4n) is 2.26. The molecular weight excluding hydrogens is 264 g/mol. The molecule has 1 heterocycles. The molecule has 1 N–H and O–H groups in total. The van der Waals surface area contributed by atoms with Gasteiger partial charge in [-0.2, -0.15) is 0 Å². The lowest BCUT2D eigenvalue weighted by Gasteiger charge is -2.26. The number of carbonyl (C=O) groups excluding carboxylic acids is 1. The van der Waals surface area contributed by atoms with Crippen LogP contribution in [-0.2, 0) is 14.6 Å². The molecule has 6 heteroatoms. The Morgan fingerprint density at radius 2 is 1.79 bits per heavy atom. The minimum absolute atomic E-state index is 0.165. The highest BCUT2D eigenvalue weighted by Gasteiger charge is 2.15. The van der Waals surface area contributed by atoms with Gasteiger partial charge in [-0.15, -0.1) is 0 Å². The van der Waals surface area contributed by atoms with E-state index in [2.05, 4.69) is 5.32 Å². The highest BCUT2D eigenvalue weighted by Crippen LogP contribution is 2.09. The standard InChI is InChI=1S/C13H26N2O3S/c1-2-11-19(17,18)12-8-14-7-6-13(16)15-9-4-3-5-10-15/h14H,2-12H2,1H3. The Balaban J connectivity index is 2.08. The average Bonchev–Trinajstić information content (AvgIpc) is 2.39. The molecule has 1 saturated heterocycles. The number of rotatable bonds is 8. The van der Waals surface area contributed by atoms with Gasteiger partial charge in [0.1, 0.15) is 0 Å². The van der Waals surface area contributed by atoms with E-state index in [4.69, 9.17) is 0 Å². The molecule has 1 aliphatic rings. The number of piperidine rings is 1. The lowest BCUT2D eigenvalue weighted by atomic mass is 10.1. The van der Waals surface area contributed by atoms with E-state index in [-0.39, 0.29) is 17.4 Å². The van der Waals surface area contributed by atoms with Crippen molar-refractivity contribution < 1.29 is 13.2 Å². The van der Waals surface area contributed by atoms with Crippen LogP contribution < -0.4 is 5.32 Å². The largest absolute Gasteiger partial charge is 0.343 e. The van der Waals surface area contributed by atoms with Gasteiger partial charge in [0, 0.05) is 38.4 Å². The van der Waals surface area contributed by atoms with Crippen molar-refractivity contribution in [3.05, 3.63) is 0 Å². The molecule has 1 fully saturated rings. The molecule has 5 nitrogen and oxygen atoms in total. The van der Waals surface area contributed by atoms with Crippen LogP contribution in [0.5, 0.6) is 0 Å². The second-order valence-corrected chi connectivity index (χ2v) is 7.40. The fourth-order valence-corrected chi connectivity index (χ4v) is 3.54. The summed E-state index contributed by atoms with van der Waals surface area (Å²) in [6.07, 6.45) is 4.56. The summed E-state index contributed by atoms with van der Waals surface area (Å²) in [5.74, 6) is 0.601. The van der Waals surface area contributed by atoms with E-state index < -0.39 is 9.84 Å². The smallest absolute Gasteiger partial charge is 0.223 e. The summed E-state index contributed by atoms with van der Waals surface area (Å²) in [5, 5.41) is 3.04. The lowest BCUT2D eigenvalue weighted by molar-refractivity contribution is -0.131. The van der Waals surface area contributed by atoms with Gasteiger partial charge in [0.15, 0.2) is 9.84 Å². The molecule has 19 heavy (non-hydrogen) atoms. The Morgan fingerprint density at radius 1 is 1.11 bits per heavy atom. The topological polar surface area (TPSA) is 66.5 Å².